The molecule has 0 aromatic carbocycles. The molecule has 0 unspecified atom stereocenters. The number of aromatic nitrogens is 1. The number of halogens is 1. The maximum atomic E-state index is 11.2. The Morgan fingerprint density at radius 2 is 2.19 bits per heavy atom. The topological polar surface area (TPSA) is 57.3 Å². The van der Waals surface area contributed by atoms with Crippen LogP contribution in [0.25, 0.3) is 0 Å². The van der Waals surface area contributed by atoms with E-state index in [1.807, 2.05) is 12.1 Å². The predicted octanol–water partition coefficient (Wildman–Crippen LogP) is 1.53. The molecule has 0 fully saturated rings. The SMILES string of the molecule is CN(C)C(=O)NCCNc1ccc(Br)cn1. The largest absolute Gasteiger partial charge is 0.368 e. The van der Waals surface area contributed by atoms with Crippen LogP contribution >= 0.6 is 15.9 Å². The third-order valence-electron chi connectivity index (χ3n) is 1.84. The average molecular weight is 287 g/mol. The van der Waals surface area contributed by atoms with E-state index in [0.29, 0.717) is 13.1 Å². The lowest BCUT2D eigenvalue weighted by Crippen LogP contribution is -2.37. The van der Waals surface area contributed by atoms with E-state index in [-0.39, 0.29) is 6.03 Å². The number of urea groups is 1. The molecule has 16 heavy (non-hydrogen) atoms. The molecule has 1 rings (SSSR count). The molecule has 1 aromatic heterocycles. The first kappa shape index (κ1) is 12.8. The summed E-state index contributed by atoms with van der Waals surface area (Å²) in [6, 6.07) is 3.69. The molecule has 2 amide bonds. The number of amides is 2. The lowest BCUT2D eigenvalue weighted by atomic mass is 10.4. The monoisotopic (exact) mass is 286 g/mol. The molecule has 88 valence electrons. The van der Waals surface area contributed by atoms with Gasteiger partial charge < -0.3 is 15.5 Å². The van der Waals surface area contributed by atoms with Crippen molar-refractivity contribution in [2.24, 2.45) is 0 Å². The van der Waals surface area contributed by atoms with E-state index in [1.165, 1.54) is 4.90 Å². The summed E-state index contributed by atoms with van der Waals surface area (Å²) >= 11 is 3.31. The molecule has 5 nitrogen and oxygen atoms in total. The van der Waals surface area contributed by atoms with Gasteiger partial charge in [-0.3, -0.25) is 0 Å². The van der Waals surface area contributed by atoms with E-state index >= 15 is 0 Å². The van der Waals surface area contributed by atoms with Crippen molar-refractivity contribution in [2.45, 2.75) is 0 Å². The van der Waals surface area contributed by atoms with Crippen molar-refractivity contribution in [3.05, 3.63) is 22.8 Å². The van der Waals surface area contributed by atoms with Gasteiger partial charge in [0.05, 0.1) is 0 Å². The number of hydrogen-bond donors (Lipinski definition) is 2. The van der Waals surface area contributed by atoms with Gasteiger partial charge in [0, 0.05) is 37.9 Å². The van der Waals surface area contributed by atoms with Crippen molar-refractivity contribution < 1.29 is 4.79 Å². The molecule has 0 aliphatic rings. The van der Waals surface area contributed by atoms with Gasteiger partial charge in [-0.15, -0.1) is 0 Å². The van der Waals surface area contributed by atoms with Crippen molar-refractivity contribution in [2.75, 3.05) is 32.5 Å². The fourth-order valence-electron chi connectivity index (χ4n) is 0.999. The highest BCUT2D eigenvalue weighted by molar-refractivity contribution is 9.10. The van der Waals surface area contributed by atoms with Crippen LogP contribution in [0.15, 0.2) is 22.8 Å². The molecular formula is C10H15BrN4O. The van der Waals surface area contributed by atoms with Crippen LogP contribution in [0.2, 0.25) is 0 Å². The molecule has 0 atom stereocenters. The summed E-state index contributed by atoms with van der Waals surface area (Å²) in [6.07, 6.45) is 1.72. The minimum atomic E-state index is -0.0921. The summed E-state index contributed by atoms with van der Waals surface area (Å²) in [5.74, 6) is 0.794. The zero-order valence-electron chi connectivity index (χ0n) is 9.33. The van der Waals surface area contributed by atoms with Gasteiger partial charge in [-0.1, -0.05) is 0 Å². The van der Waals surface area contributed by atoms with Gasteiger partial charge in [0.15, 0.2) is 0 Å². The first-order valence-electron chi connectivity index (χ1n) is 4.90. The highest BCUT2D eigenvalue weighted by Gasteiger charge is 2.00. The van der Waals surface area contributed by atoms with Gasteiger partial charge >= 0.3 is 6.03 Å². The van der Waals surface area contributed by atoms with Gasteiger partial charge in [0.2, 0.25) is 0 Å². The quantitative estimate of drug-likeness (QED) is 0.826. The summed E-state index contributed by atoms with van der Waals surface area (Å²) in [5, 5.41) is 5.85. The molecule has 1 aromatic rings. The third-order valence-corrected chi connectivity index (χ3v) is 2.31. The Labute approximate surface area is 103 Å². The molecule has 0 aliphatic heterocycles. The van der Waals surface area contributed by atoms with Crippen LogP contribution in [-0.2, 0) is 0 Å². The number of anilines is 1. The van der Waals surface area contributed by atoms with Crippen LogP contribution < -0.4 is 10.6 Å². The van der Waals surface area contributed by atoms with Crippen molar-refractivity contribution in [3.63, 3.8) is 0 Å². The zero-order chi connectivity index (χ0) is 12.0. The van der Waals surface area contributed by atoms with E-state index in [2.05, 4.69) is 31.5 Å². The van der Waals surface area contributed by atoms with Gasteiger partial charge in [-0.05, 0) is 28.1 Å². The molecule has 0 radical (unpaired) electrons. The minimum absolute atomic E-state index is 0.0921. The fraction of sp³-hybridized carbons (Fsp3) is 0.400. The number of rotatable bonds is 4. The van der Waals surface area contributed by atoms with Crippen LogP contribution in [0.1, 0.15) is 0 Å². The Bertz CT molecular complexity index is 339. The van der Waals surface area contributed by atoms with Crippen LogP contribution in [0.3, 0.4) is 0 Å². The van der Waals surface area contributed by atoms with Crippen molar-refractivity contribution in [1.29, 1.82) is 0 Å². The molecule has 1 heterocycles. The van der Waals surface area contributed by atoms with Crippen molar-refractivity contribution in [3.8, 4) is 0 Å². The molecule has 6 heteroatoms. The fourth-order valence-corrected chi connectivity index (χ4v) is 1.23. The zero-order valence-corrected chi connectivity index (χ0v) is 10.9. The maximum Gasteiger partial charge on any atom is 0.316 e. The second-order valence-corrected chi connectivity index (χ2v) is 4.33. The molecule has 0 aliphatic carbocycles. The van der Waals surface area contributed by atoms with Gasteiger partial charge in [-0.25, -0.2) is 9.78 Å². The van der Waals surface area contributed by atoms with Crippen LogP contribution in [-0.4, -0.2) is 43.1 Å². The number of carbonyl (C=O) groups excluding carboxylic acids is 1. The minimum Gasteiger partial charge on any atom is -0.368 e. The Morgan fingerprint density at radius 1 is 1.44 bits per heavy atom. The second-order valence-electron chi connectivity index (χ2n) is 3.41. The summed E-state index contributed by atoms with van der Waals surface area (Å²) in [5.41, 5.74) is 0. The van der Waals surface area contributed by atoms with Crippen LogP contribution in [0, 0.1) is 0 Å². The van der Waals surface area contributed by atoms with E-state index in [4.69, 9.17) is 0 Å². The highest BCUT2D eigenvalue weighted by atomic mass is 79.9. The molecular weight excluding hydrogens is 272 g/mol. The number of nitrogens with one attached hydrogen (secondary N) is 2. The first-order chi connectivity index (χ1) is 7.59. The van der Waals surface area contributed by atoms with Crippen LogP contribution in [0.4, 0.5) is 10.6 Å². The number of pyridine rings is 1. The number of carbonyl (C=O) groups is 1. The Balaban J connectivity index is 2.21. The van der Waals surface area contributed by atoms with Gasteiger partial charge in [0.1, 0.15) is 5.82 Å². The summed E-state index contributed by atoms with van der Waals surface area (Å²) in [6.45, 7) is 1.21. The Morgan fingerprint density at radius 3 is 2.75 bits per heavy atom. The lowest BCUT2D eigenvalue weighted by molar-refractivity contribution is 0.218. The maximum absolute atomic E-state index is 11.2. The molecule has 2 N–H and O–H groups in total. The van der Waals surface area contributed by atoms with Gasteiger partial charge in [0.25, 0.3) is 0 Å². The summed E-state index contributed by atoms with van der Waals surface area (Å²) in [7, 11) is 3.41. The molecule has 0 saturated carbocycles. The Hall–Kier alpha value is -1.30. The number of hydrogen-bond acceptors (Lipinski definition) is 3. The normalized spacial score (nSPS) is 9.69. The average Bonchev–Trinajstić information content (AvgIpc) is 2.26. The van der Waals surface area contributed by atoms with Crippen molar-refractivity contribution >= 4 is 27.8 Å². The summed E-state index contributed by atoms with van der Waals surface area (Å²) < 4.78 is 0.943. The highest BCUT2D eigenvalue weighted by Crippen LogP contribution is 2.09. The first-order valence-corrected chi connectivity index (χ1v) is 5.69. The third kappa shape index (κ3) is 4.48. The lowest BCUT2D eigenvalue weighted by Gasteiger charge is -2.12. The Kier molecular flexibility index (Phi) is 5.04. The molecule has 0 bridgehead atoms. The number of nitrogens with zero attached hydrogens (tertiary/aromatic N) is 2. The standard InChI is InChI=1S/C10H15BrN4O/c1-15(2)10(16)13-6-5-12-9-4-3-8(11)7-14-9/h3-4,7H,5-6H2,1-2H3,(H,12,14)(H,13,16). The van der Waals surface area contributed by atoms with E-state index in [0.717, 1.165) is 10.3 Å². The smallest absolute Gasteiger partial charge is 0.316 e. The van der Waals surface area contributed by atoms with Gasteiger partial charge in [-0.2, -0.15) is 0 Å². The van der Waals surface area contributed by atoms with Crippen LogP contribution in [0.5, 0.6) is 0 Å². The predicted molar refractivity (Wildman–Crippen MR) is 67.5 cm³/mol. The van der Waals surface area contributed by atoms with E-state index in [1.54, 1.807) is 20.3 Å². The molecule has 0 spiro atoms. The summed E-state index contributed by atoms with van der Waals surface area (Å²) in [4.78, 5) is 16.8. The second kappa shape index (κ2) is 6.32. The van der Waals surface area contributed by atoms with Crippen molar-refractivity contribution in [1.82, 2.24) is 15.2 Å². The van der Waals surface area contributed by atoms with E-state index < -0.39 is 0 Å². The van der Waals surface area contributed by atoms with E-state index in [9.17, 15) is 4.79 Å². The molecule has 0 saturated heterocycles.